The first kappa shape index (κ1) is 8.87. The highest BCUT2D eigenvalue weighted by atomic mass is 16.6. The van der Waals surface area contributed by atoms with E-state index in [0.717, 1.165) is 5.75 Å². The molecule has 2 rings (SSSR count). The van der Waals surface area contributed by atoms with Gasteiger partial charge in [-0.05, 0) is 12.1 Å². The second-order valence-corrected chi connectivity index (χ2v) is 3.07. The standard InChI is InChI=1S/C10H11NO3/c1-11-9(7-13-10(11)12)14-8-5-3-2-4-6-8/h2-6,9H,7H2,1H3. The average molecular weight is 193 g/mol. The molecule has 1 saturated heterocycles. The van der Waals surface area contributed by atoms with Crippen LogP contribution in [0.15, 0.2) is 30.3 Å². The largest absolute Gasteiger partial charge is 0.467 e. The van der Waals surface area contributed by atoms with Gasteiger partial charge in [-0.3, -0.25) is 4.90 Å². The van der Waals surface area contributed by atoms with Crippen LogP contribution in [0.5, 0.6) is 5.75 Å². The zero-order valence-electron chi connectivity index (χ0n) is 7.84. The third kappa shape index (κ3) is 1.64. The molecule has 14 heavy (non-hydrogen) atoms. The Bertz CT molecular complexity index is 325. The van der Waals surface area contributed by atoms with Crippen molar-refractivity contribution in [3.63, 3.8) is 0 Å². The summed E-state index contributed by atoms with van der Waals surface area (Å²) in [4.78, 5) is 12.4. The van der Waals surface area contributed by atoms with Crippen molar-refractivity contribution < 1.29 is 14.3 Å². The van der Waals surface area contributed by atoms with Crippen LogP contribution in [0, 0.1) is 0 Å². The number of hydrogen-bond donors (Lipinski definition) is 0. The predicted octanol–water partition coefficient (Wildman–Crippen LogP) is 1.47. The number of benzene rings is 1. The SMILES string of the molecule is CN1C(=O)OCC1Oc1ccccc1. The lowest BCUT2D eigenvalue weighted by molar-refractivity contribution is 0.0981. The Kier molecular flexibility index (Phi) is 2.26. The predicted molar refractivity (Wildman–Crippen MR) is 50.0 cm³/mol. The van der Waals surface area contributed by atoms with Crippen LogP contribution in [-0.4, -0.2) is 30.9 Å². The van der Waals surface area contributed by atoms with E-state index in [0.29, 0.717) is 0 Å². The molecular formula is C10H11NO3. The summed E-state index contributed by atoms with van der Waals surface area (Å²) < 4.78 is 10.3. The number of likely N-dealkylation sites (N-methyl/N-ethyl adjacent to an activating group) is 1. The maximum absolute atomic E-state index is 11.0. The zero-order chi connectivity index (χ0) is 9.97. The molecule has 1 atom stereocenters. The van der Waals surface area contributed by atoms with Gasteiger partial charge in [0.15, 0.2) is 0 Å². The van der Waals surface area contributed by atoms with Crippen LogP contribution in [0.1, 0.15) is 0 Å². The molecule has 1 aromatic carbocycles. The van der Waals surface area contributed by atoms with Crippen molar-refractivity contribution in [3.05, 3.63) is 30.3 Å². The van der Waals surface area contributed by atoms with Gasteiger partial charge in [-0.1, -0.05) is 18.2 Å². The van der Waals surface area contributed by atoms with Crippen LogP contribution in [0.4, 0.5) is 4.79 Å². The van der Waals surface area contributed by atoms with Gasteiger partial charge in [-0.15, -0.1) is 0 Å². The highest BCUT2D eigenvalue weighted by Gasteiger charge is 2.30. The van der Waals surface area contributed by atoms with Gasteiger partial charge in [0, 0.05) is 7.05 Å². The van der Waals surface area contributed by atoms with E-state index >= 15 is 0 Å². The van der Waals surface area contributed by atoms with Gasteiger partial charge >= 0.3 is 6.09 Å². The van der Waals surface area contributed by atoms with Crippen molar-refractivity contribution in [2.45, 2.75) is 6.23 Å². The molecule has 1 fully saturated rings. The van der Waals surface area contributed by atoms with E-state index in [-0.39, 0.29) is 18.9 Å². The molecule has 0 aliphatic carbocycles. The molecule has 1 amide bonds. The van der Waals surface area contributed by atoms with Crippen molar-refractivity contribution in [2.75, 3.05) is 13.7 Å². The van der Waals surface area contributed by atoms with E-state index in [1.165, 1.54) is 4.90 Å². The maximum atomic E-state index is 11.0. The number of ether oxygens (including phenoxy) is 2. The Labute approximate surface area is 82.0 Å². The van der Waals surface area contributed by atoms with Gasteiger partial charge in [-0.25, -0.2) is 4.79 Å². The summed E-state index contributed by atoms with van der Waals surface area (Å²) in [6.07, 6.45) is -0.657. The first-order valence-electron chi connectivity index (χ1n) is 4.38. The molecule has 1 unspecified atom stereocenters. The second-order valence-electron chi connectivity index (χ2n) is 3.07. The fourth-order valence-electron chi connectivity index (χ4n) is 1.24. The van der Waals surface area contributed by atoms with E-state index in [2.05, 4.69) is 0 Å². The molecule has 0 saturated carbocycles. The molecule has 0 bridgehead atoms. The average Bonchev–Trinajstić information content (AvgIpc) is 2.52. The number of amides is 1. The molecule has 74 valence electrons. The molecule has 0 radical (unpaired) electrons. The summed E-state index contributed by atoms with van der Waals surface area (Å²) in [5, 5.41) is 0. The number of carbonyl (C=O) groups is 1. The minimum atomic E-state index is -0.342. The highest BCUT2D eigenvalue weighted by Crippen LogP contribution is 2.16. The maximum Gasteiger partial charge on any atom is 0.412 e. The lowest BCUT2D eigenvalue weighted by Gasteiger charge is -2.17. The van der Waals surface area contributed by atoms with Crippen molar-refractivity contribution in [1.82, 2.24) is 4.90 Å². The van der Waals surface area contributed by atoms with E-state index in [1.807, 2.05) is 30.3 Å². The first-order chi connectivity index (χ1) is 6.77. The monoisotopic (exact) mass is 193 g/mol. The van der Waals surface area contributed by atoms with Crippen LogP contribution >= 0.6 is 0 Å². The van der Waals surface area contributed by atoms with Crippen molar-refractivity contribution in [3.8, 4) is 5.75 Å². The molecule has 1 aliphatic heterocycles. The summed E-state index contributed by atoms with van der Waals surface area (Å²) in [5.41, 5.74) is 0. The molecule has 4 nitrogen and oxygen atoms in total. The topological polar surface area (TPSA) is 38.8 Å². The summed E-state index contributed by atoms with van der Waals surface area (Å²) in [5.74, 6) is 0.739. The summed E-state index contributed by atoms with van der Waals surface area (Å²) in [6.45, 7) is 0.282. The van der Waals surface area contributed by atoms with Crippen molar-refractivity contribution in [2.24, 2.45) is 0 Å². The minimum absolute atomic E-state index is 0.282. The van der Waals surface area contributed by atoms with Crippen LogP contribution in [0.25, 0.3) is 0 Å². The van der Waals surface area contributed by atoms with Crippen molar-refractivity contribution >= 4 is 6.09 Å². The summed E-state index contributed by atoms with van der Waals surface area (Å²) in [6, 6.07) is 9.36. The van der Waals surface area contributed by atoms with Gasteiger partial charge in [0.25, 0.3) is 0 Å². The van der Waals surface area contributed by atoms with Crippen LogP contribution in [-0.2, 0) is 4.74 Å². The molecule has 1 heterocycles. The van der Waals surface area contributed by atoms with E-state index in [1.54, 1.807) is 7.05 Å². The lowest BCUT2D eigenvalue weighted by Crippen LogP contribution is -2.34. The quantitative estimate of drug-likeness (QED) is 0.714. The van der Waals surface area contributed by atoms with E-state index in [4.69, 9.17) is 9.47 Å². The number of carbonyl (C=O) groups excluding carboxylic acids is 1. The second kappa shape index (κ2) is 3.57. The molecule has 0 aromatic heterocycles. The smallest absolute Gasteiger partial charge is 0.412 e. The van der Waals surface area contributed by atoms with Gasteiger partial charge in [0.1, 0.15) is 12.4 Å². The Morgan fingerprint density at radius 1 is 1.43 bits per heavy atom. The molecular weight excluding hydrogens is 182 g/mol. The van der Waals surface area contributed by atoms with E-state index in [9.17, 15) is 4.79 Å². The third-order valence-electron chi connectivity index (χ3n) is 2.08. The van der Waals surface area contributed by atoms with Gasteiger partial charge < -0.3 is 9.47 Å². The highest BCUT2D eigenvalue weighted by molar-refractivity contribution is 5.69. The number of rotatable bonds is 2. The Morgan fingerprint density at radius 3 is 2.71 bits per heavy atom. The number of para-hydroxylation sites is 1. The van der Waals surface area contributed by atoms with Crippen LogP contribution < -0.4 is 4.74 Å². The number of cyclic esters (lactones) is 1. The molecule has 1 aliphatic rings. The van der Waals surface area contributed by atoms with Gasteiger partial charge in [0.2, 0.25) is 6.23 Å². The first-order valence-corrected chi connectivity index (χ1v) is 4.38. The summed E-state index contributed by atoms with van der Waals surface area (Å²) >= 11 is 0. The summed E-state index contributed by atoms with van der Waals surface area (Å²) in [7, 11) is 1.66. The van der Waals surface area contributed by atoms with Crippen LogP contribution in [0.2, 0.25) is 0 Å². The van der Waals surface area contributed by atoms with Crippen molar-refractivity contribution in [1.29, 1.82) is 0 Å². The van der Waals surface area contributed by atoms with Gasteiger partial charge in [-0.2, -0.15) is 0 Å². The third-order valence-corrected chi connectivity index (χ3v) is 2.08. The number of hydrogen-bond acceptors (Lipinski definition) is 3. The Morgan fingerprint density at radius 2 is 2.14 bits per heavy atom. The fourth-order valence-corrected chi connectivity index (χ4v) is 1.24. The van der Waals surface area contributed by atoms with E-state index < -0.39 is 0 Å². The van der Waals surface area contributed by atoms with Gasteiger partial charge in [0.05, 0.1) is 0 Å². The molecule has 0 spiro atoms. The normalized spacial score (nSPS) is 20.8. The minimum Gasteiger partial charge on any atom is -0.467 e. The molecule has 0 N–H and O–H groups in total. The zero-order valence-corrected chi connectivity index (χ0v) is 7.84. The molecule has 4 heteroatoms. The number of nitrogens with zero attached hydrogens (tertiary/aromatic N) is 1. The Hall–Kier alpha value is -1.71. The fraction of sp³-hybridized carbons (Fsp3) is 0.300. The molecule has 1 aromatic rings. The van der Waals surface area contributed by atoms with Crippen LogP contribution in [0.3, 0.4) is 0 Å². The Balaban J connectivity index is 2.02. The lowest BCUT2D eigenvalue weighted by atomic mass is 10.3.